The van der Waals surface area contributed by atoms with E-state index in [1.165, 1.54) is 29.0 Å². The Morgan fingerprint density at radius 1 is 1.19 bits per heavy atom. The highest BCUT2D eigenvalue weighted by Crippen LogP contribution is 2.21. The maximum absolute atomic E-state index is 12.7. The zero-order valence-corrected chi connectivity index (χ0v) is 15.7. The zero-order chi connectivity index (χ0) is 19.1. The third-order valence-electron chi connectivity index (χ3n) is 4.42. The number of nitrogens with zero attached hydrogens (tertiary/aromatic N) is 2. The second-order valence-electron chi connectivity index (χ2n) is 6.39. The largest absolute Gasteiger partial charge is 0.499 e. The van der Waals surface area contributed by atoms with Gasteiger partial charge in [-0.1, -0.05) is 0 Å². The molecule has 140 valence electrons. The number of ether oxygens (including phenoxy) is 1. The molecule has 9 heteroatoms. The molecule has 0 spiro atoms. The van der Waals surface area contributed by atoms with Crippen LogP contribution in [0.25, 0.3) is 10.9 Å². The Bertz CT molecular complexity index is 1110. The molecule has 0 saturated carbocycles. The molecule has 1 atom stereocenters. The van der Waals surface area contributed by atoms with Gasteiger partial charge < -0.3 is 4.74 Å². The zero-order valence-electron chi connectivity index (χ0n) is 14.9. The van der Waals surface area contributed by atoms with Crippen molar-refractivity contribution in [2.75, 3.05) is 6.61 Å². The summed E-state index contributed by atoms with van der Waals surface area (Å²) in [5.74, 6) is 0. The van der Waals surface area contributed by atoms with Crippen LogP contribution in [0, 0.1) is 0 Å². The van der Waals surface area contributed by atoms with Crippen molar-refractivity contribution >= 4 is 20.9 Å². The molecule has 1 N–H and O–H groups in total. The average molecular weight is 379 g/mol. The fourth-order valence-corrected chi connectivity index (χ4v) is 4.43. The van der Waals surface area contributed by atoms with Gasteiger partial charge in [0.05, 0.1) is 27.6 Å². The minimum Gasteiger partial charge on any atom is -0.499 e. The van der Waals surface area contributed by atoms with Crippen molar-refractivity contribution < 1.29 is 13.2 Å². The predicted octanol–water partition coefficient (Wildman–Crippen LogP) is 0.784. The number of fused-ring (bicyclic) bond motifs is 1. The number of rotatable bonds is 5. The van der Waals surface area contributed by atoms with Gasteiger partial charge in [-0.3, -0.25) is 13.9 Å². The van der Waals surface area contributed by atoms with Gasteiger partial charge in [0, 0.05) is 13.1 Å². The first kappa shape index (κ1) is 18.4. The van der Waals surface area contributed by atoms with Crippen molar-refractivity contribution in [2.24, 2.45) is 0 Å². The molecule has 1 aromatic heterocycles. The van der Waals surface area contributed by atoms with E-state index < -0.39 is 26.8 Å². The molecule has 1 aliphatic heterocycles. The van der Waals surface area contributed by atoms with Gasteiger partial charge in [-0.25, -0.2) is 13.2 Å². The molecular formula is C17H21N3O5S. The van der Waals surface area contributed by atoms with Crippen molar-refractivity contribution in [3.05, 3.63) is 51.4 Å². The minimum atomic E-state index is -3.88. The summed E-state index contributed by atoms with van der Waals surface area (Å²) >= 11 is 0. The molecule has 8 nitrogen and oxygen atoms in total. The Morgan fingerprint density at radius 2 is 1.88 bits per heavy atom. The summed E-state index contributed by atoms with van der Waals surface area (Å²) in [5.41, 5.74) is -1.33. The van der Waals surface area contributed by atoms with Crippen LogP contribution in [0.4, 0.5) is 0 Å². The van der Waals surface area contributed by atoms with Gasteiger partial charge in [0.2, 0.25) is 10.0 Å². The van der Waals surface area contributed by atoms with Crippen LogP contribution in [-0.2, 0) is 27.8 Å². The van der Waals surface area contributed by atoms with Crippen LogP contribution in [0.2, 0.25) is 0 Å². The molecule has 1 unspecified atom stereocenters. The number of hydrogen-bond donors (Lipinski definition) is 1. The van der Waals surface area contributed by atoms with E-state index in [0.717, 1.165) is 4.57 Å². The number of sulfonamides is 1. The van der Waals surface area contributed by atoms with Crippen LogP contribution in [0.3, 0.4) is 0 Å². The lowest BCUT2D eigenvalue weighted by atomic mass is 10.1. The van der Waals surface area contributed by atoms with Crippen molar-refractivity contribution in [1.82, 2.24) is 13.9 Å². The molecule has 1 aromatic carbocycles. The number of aryl methyl sites for hydroxylation is 1. The van der Waals surface area contributed by atoms with E-state index in [9.17, 15) is 18.0 Å². The summed E-state index contributed by atoms with van der Waals surface area (Å²) in [6.07, 6.45) is 3.08. The van der Waals surface area contributed by atoms with Gasteiger partial charge in [-0.05, 0) is 45.0 Å². The third kappa shape index (κ3) is 2.97. The second kappa shape index (κ2) is 6.40. The highest BCUT2D eigenvalue weighted by Gasteiger charge is 2.32. The summed E-state index contributed by atoms with van der Waals surface area (Å²) in [4.78, 5) is 25.0. The first-order valence-corrected chi connectivity index (χ1v) is 9.81. The Labute approximate surface area is 150 Å². The Kier molecular flexibility index (Phi) is 4.53. The van der Waals surface area contributed by atoms with E-state index in [1.807, 2.05) is 0 Å². The highest BCUT2D eigenvalue weighted by molar-refractivity contribution is 7.89. The van der Waals surface area contributed by atoms with Crippen molar-refractivity contribution in [3.8, 4) is 0 Å². The van der Waals surface area contributed by atoms with Crippen LogP contribution in [0.15, 0.2) is 45.0 Å². The van der Waals surface area contributed by atoms with Crippen LogP contribution < -0.4 is 16.0 Å². The first-order chi connectivity index (χ1) is 12.2. The number of aromatic nitrogens is 2. The number of nitrogens with one attached hydrogen (secondary N) is 1. The lowest BCUT2D eigenvalue weighted by Gasteiger charge is -2.22. The van der Waals surface area contributed by atoms with E-state index in [1.54, 1.807) is 26.8 Å². The van der Waals surface area contributed by atoms with Crippen molar-refractivity contribution in [1.29, 1.82) is 0 Å². The number of hydrogen-bond acceptors (Lipinski definition) is 5. The molecule has 0 amide bonds. The van der Waals surface area contributed by atoms with E-state index in [2.05, 4.69) is 4.72 Å². The molecular weight excluding hydrogens is 358 g/mol. The molecule has 1 aliphatic rings. The maximum atomic E-state index is 12.7. The van der Waals surface area contributed by atoms with Crippen LogP contribution in [0.1, 0.15) is 20.8 Å². The van der Waals surface area contributed by atoms with Gasteiger partial charge >= 0.3 is 5.69 Å². The fraction of sp³-hybridized carbons (Fsp3) is 0.412. The standard InChI is InChI=1S/C17H21N3O5S/c1-4-19-14-7-6-12(10-13(14)15(21)20(5-2)16(19)22)26(23,24)18-17(3)8-9-25-11-17/h6-10,18H,4-5,11H2,1-3H3. The molecule has 2 heterocycles. The SMILES string of the molecule is CCn1c(=O)c2cc(S(=O)(=O)NC3(C)C=COC3)ccc2n(CC)c1=O. The highest BCUT2D eigenvalue weighted by atomic mass is 32.2. The maximum Gasteiger partial charge on any atom is 0.331 e. The van der Waals surface area contributed by atoms with Gasteiger partial charge in [-0.2, -0.15) is 4.72 Å². The van der Waals surface area contributed by atoms with Crippen molar-refractivity contribution in [2.45, 2.75) is 44.3 Å². The molecule has 26 heavy (non-hydrogen) atoms. The fourth-order valence-electron chi connectivity index (χ4n) is 3.05. The third-order valence-corrected chi connectivity index (χ3v) is 6.03. The lowest BCUT2D eigenvalue weighted by molar-refractivity contribution is 0.230. The topological polar surface area (TPSA) is 99.4 Å². The molecule has 2 aromatic rings. The monoisotopic (exact) mass is 379 g/mol. The molecule has 3 rings (SSSR count). The molecule has 0 radical (unpaired) electrons. The van der Waals surface area contributed by atoms with E-state index in [4.69, 9.17) is 4.74 Å². The Morgan fingerprint density at radius 3 is 2.46 bits per heavy atom. The van der Waals surface area contributed by atoms with Crippen LogP contribution in [0.5, 0.6) is 0 Å². The molecule has 0 bridgehead atoms. The summed E-state index contributed by atoms with van der Waals surface area (Å²) < 4.78 is 35.7. The van der Waals surface area contributed by atoms with E-state index in [-0.39, 0.29) is 23.4 Å². The summed E-state index contributed by atoms with van der Waals surface area (Å²) in [7, 11) is -3.88. The van der Waals surface area contributed by atoms with Gasteiger partial charge in [0.15, 0.2) is 0 Å². The molecule has 0 saturated heterocycles. The average Bonchev–Trinajstić information content (AvgIpc) is 3.00. The Balaban J connectivity index is 2.19. The summed E-state index contributed by atoms with van der Waals surface area (Å²) in [6, 6.07) is 4.22. The van der Waals surface area contributed by atoms with Crippen LogP contribution in [-0.4, -0.2) is 29.7 Å². The lowest BCUT2D eigenvalue weighted by Crippen LogP contribution is -2.45. The predicted molar refractivity (Wildman–Crippen MR) is 97.6 cm³/mol. The van der Waals surface area contributed by atoms with Gasteiger partial charge in [0.25, 0.3) is 5.56 Å². The smallest absolute Gasteiger partial charge is 0.331 e. The Hall–Kier alpha value is -2.39. The van der Waals surface area contributed by atoms with Gasteiger partial charge in [0.1, 0.15) is 6.61 Å². The molecule has 0 aliphatic carbocycles. The summed E-state index contributed by atoms with van der Waals surface area (Å²) in [6.45, 7) is 5.98. The second-order valence-corrected chi connectivity index (χ2v) is 8.07. The quantitative estimate of drug-likeness (QED) is 0.828. The van der Waals surface area contributed by atoms with Gasteiger partial charge in [-0.15, -0.1) is 0 Å². The number of benzene rings is 1. The minimum absolute atomic E-state index is 0.0346. The van der Waals surface area contributed by atoms with E-state index >= 15 is 0 Å². The van der Waals surface area contributed by atoms with Crippen molar-refractivity contribution in [3.63, 3.8) is 0 Å². The molecule has 0 fully saturated rings. The normalized spacial score (nSPS) is 19.8. The first-order valence-electron chi connectivity index (χ1n) is 8.33. The summed E-state index contributed by atoms with van der Waals surface area (Å²) in [5, 5.41) is 0.194. The van der Waals surface area contributed by atoms with Crippen LogP contribution >= 0.6 is 0 Å². The van der Waals surface area contributed by atoms with E-state index in [0.29, 0.717) is 12.1 Å².